The maximum absolute atomic E-state index is 11.2. The molecule has 4 heteroatoms. The fourth-order valence-corrected chi connectivity index (χ4v) is 0.903. The van der Waals surface area contributed by atoms with Gasteiger partial charge in [-0.1, -0.05) is 13.8 Å². The summed E-state index contributed by atoms with van der Waals surface area (Å²) in [5.41, 5.74) is 0. The van der Waals surface area contributed by atoms with Crippen LogP contribution in [0.25, 0.3) is 0 Å². The van der Waals surface area contributed by atoms with E-state index in [1.165, 1.54) is 0 Å². The fraction of sp³-hybridized carbons (Fsp3) is 0.778. The van der Waals surface area contributed by atoms with Crippen LogP contribution in [0.3, 0.4) is 0 Å². The van der Waals surface area contributed by atoms with Crippen molar-refractivity contribution < 1.29 is 4.79 Å². The largest absolute Gasteiger partial charge is 0.355 e. The van der Waals surface area contributed by atoms with Crippen LogP contribution in [-0.2, 0) is 4.79 Å². The van der Waals surface area contributed by atoms with Crippen LogP contribution in [0.15, 0.2) is 0 Å². The number of rotatable bonds is 6. The number of nitrogens with one attached hydrogen (secondary N) is 1. The number of amides is 1. The van der Waals surface area contributed by atoms with Gasteiger partial charge in [0.2, 0.25) is 5.91 Å². The molecule has 0 aliphatic rings. The topological polar surface area (TPSA) is 56.1 Å². The average molecular weight is 183 g/mol. The summed E-state index contributed by atoms with van der Waals surface area (Å²) in [4.78, 5) is 13.0. The van der Waals surface area contributed by atoms with Crippen LogP contribution in [0.5, 0.6) is 0 Å². The molecule has 74 valence electrons. The highest BCUT2D eigenvalue weighted by Gasteiger charge is 2.06. The van der Waals surface area contributed by atoms with E-state index < -0.39 is 0 Å². The molecule has 0 aliphatic carbocycles. The molecule has 4 nitrogen and oxygen atoms in total. The highest BCUT2D eigenvalue weighted by atomic mass is 16.2. The molecule has 0 fully saturated rings. The van der Waals surface area contributed by atoms with Gasteiger partial charge in [0.25, 0.3) is 0 Å². The van der Waals surface area contributed by atoms with Crippen LogP contribution < -0.4 is 5.32 Å². The van der Waals surface area contributed by atoms with Crippen LogP contribution in [0.4, 0.5) is 0 Å². The summed E-state index contributed by atoms with van der Waals surface area (Å²) in [6, 6.07) is 2.03. The van der Waals surface area contributed by atoms with E-state index in [1.54, 1.807) is 4.90 Å². The zero-order chi connectivity index (χ0) is 10.1. The SMILES string of the molecule is CCCNC(=O)CN(CC)CC#N. The minimum atomic E-state index is -0.000972. The van der Waals surface area contributed by atoms with Crippen molar-refractivity contribution in [3.8, 4) is 6.07 Å². The van der Waals surface area contributed by atoms with E-state index in [2.05, 4.69) is 5.32 Å². The van der Waals surface area contributed by atoms with Gasteiger partial charge < -0.3 is 5.32 Å². The van der Waals surface area contributed by atoms with Crippen molar-refractivity contribution >= 4 is 5.91 Å². The van der Waals surface area contributed by atoms with E-state index in [1.807, 2.05) is 19.9 Å². The number of hydrogen-bond donors (Lipinski definition) is 1. The van der Waals surface area contributed by atoms with Gasteiger partial charge in [-0.05, 0) is 13.0 Å². The summed E-state index contributed by atoms with van der Waals surface area (Å²) >= 11 is 0. The van der Waals surface area contributed by atoms with Crippen LogP contribution in [0, 0.1) is 11.3 Å². The van der Waals surface area contributed by atoms with E-state index >= 15 is 0 Å². The molecule has 0 heterocycles. The van der Waals surface area contributed by atoms with Gasteiger partial charge in [-0.3, -0.25) is 9.69 Å². The van der Waals surface area contributed by atoms with Crippen molar-refractivity contribution in [2.45, 2.75) is 20.3 Å². The Balaban J connectivity index is 3.67. The third-order valence-electron chi connectivity index (χ3n) is 1.68. The lowest BCUT2D eigenvalue weighted by Gasteiger charge is -2.15. The molecular formula is C9H17N3O. The number of likely N-dealkylation sites (N-methyl/N-ethyl adjacent to an activating group) is 1. The molecule has 0 atom stereocenters. The molecule has 0 radical (unpaired) electrons. The lowest BCUT2D eigenvalue weighted by atomic mass is 10.4. The first-order valence-electron chi connectivity index (χ1n) is 4.60. The summed E-state index contributed by atoms with van der Waals surface area (Å²) < 4.78 is 0. The summed E-state index contributed by atoms with van der Waals surface area (Å²) in [6.45, 7) is 6.02. The van der Waals surface area contributed by atoms with Gasteiger partial charge in [-0.25, -0.2) is 0 Å². The monoisotopic (exact) mass is 183 g/mol. The predicted octanol–water partition coefficient (Wildman–Crippen LogP) is 0.358. The molecular weight excluding hydrogens is 166 g/mol. The van der Waals surface area contributed by atoms with Gasteiger partial charge in [0.15, 0.2) is 0 Å². The van der Waals surface area contributed by atoms with Gasteiger partial charge in [-0.2, -0.15) is 5.26 Å². The molecule has 0 rings (SSSR count). The Hall–Kier alpha value is -1.08. The van der Waals surface area contributed by atoms with Gasteiger partial charge in [0, 0.05) is 6.54 Å². The molecule has 1 N–H and O–H groups in total. The second-order valence-corrected chi connectivity index (χ2v) is 2.81. The Morgan fingerprint density at radius 1 is 1.54 bits per heavy atom. The van der Waals surface area contributed by atoms with Gasteiger partial charge in [-0.15, -0.1) is 0 Å². The van der Waals surface area contributed by atoms with Crippen molar-refractivity contribution in [2.24, 2.45) is 0 Å². The maximum atomic E-state index is 11.2. The summed E-state index contributed by atoms with van der Waals surface area (Å²) in [7, 11) is 0. The van der Waals surface area contributed by atoms with Crippen molar-refractivity contribution in [3.05, 3.63) is 0 Å². The molecule has 0 spiro atoms. The minimum Gasteiger partial charge on any atom is -0.355 e. The van der Waals surface area contributed by atoms with Gasteiger partial charge >= 0.3 is 0 Å². The van der Waals surface area contributed by atoms with Crippen molar-refractivity contribution in [3.63, 3.8) is 0 Å². The molecule has 0 saturated carbocycles. The predicted molar refractivity (Wildman–Crippen MR) is 51.0 cm³/mol. The van der Waals surface area contributed by atoms with E-state index in [9.17, 15) is 4.79 Å². The Morgan fingerprint density at radius 3 is 2.69 bits per heavy atom. The standard InChI is InChI=1S/C9H17N3O/c1-3-6-11-9(13)8-12(4-2)7-5-10/h3-4,6-8H2,1-2H3,(H,11,13). The van der Waals surface area contributed by atoms with Crippen LogP contribution in [-0.4, -0.2) is 37.0 Å². The molecule has 0 unspecified atom stereocenters. The second-order valence-electron chi connectivity index (χ2n) is 2.81. The van der Waals surface area contributed by atoms with E-state index in [-0.39, 0.29) is 5.91 Å². The quantitative estimate of drug-likeness (QED) is 0.605. The third-order valence-corrected chi connectivity index (χ3v) is 1.68. The first-order valence-corrected chi connectivity index (χ1v) is 4.60. The van der Waals surface area contributed by atoms with E-state index in [0.29, 0.717) is 19.6 Å². The summed E-state index contributed by atoms with van der Waals surface area (Å²) in [5, 5.41) is 11.2. The van der Waals surface area contributed by atoms with Crippen LogP contribution in [0.2, 0.25) is 0 Å². The molecule has 0 aromatic carbocycles. The molecule has 0 aromatic heterocycles. The molecule has 0 aromatic rings. The molecule has 0 saturated heterocycles. The van der Waals surface area contributed by atoms with Crippen molar-refractivity contribution in [1.82, 2.24) is 10.2 Å². The number of carbonyl (C=O) groups is 1. The Bertz CT molecular complexity index is 186. The number of nitrogens with zero attached hydrogens (tertiary/aromatic N) is 2. The second kappa shape index (κ2) is 7.56. The summed E-state index contributed by atoms with van der Waals surface area (Å²) in [5.74, 6) is -0.000972. The van der Waals surface area contributed by atoms with E-state index in [0.717, 1.165) is 13.0 Å². The minimum absolute atomic E-state index is 0.000972. The smallest absolute Gasteiger partial charge is 0.234 e. The average Bonchev–Trinajstić information content (AvgIpc) is 2.14. The molecule has 1 amide bonds. The lowest BCUT2D eigenvalue weighted by molar-refractivity contribution is -0.122. The van der Waals surface area contributed by atoms with Crippen LogP contribution >= 0.6 is 0 Å². The Kier molecular flexibility index (Phi) is 6.93. The number of hydrogen-bond acceptors (Lipinski definition) is 3. The van der Waals surface area contributed by atoms with Crippen molar-refractivity contribution in [1.29, 1.82) is 5.26 Å². The highest BCUT2D eigenvalue weighted by molar-refractivity contribution is 5.77. The third kappa shape index (κ3) is 6.12. The zero-order valence-corrected chi connectivity index (χ0v) is 8.34. The number of carbonyl (C=O) groups excluding carboxylic acids is 1. The number of nitriles is 1. The van der Waals surface area contributed by atoms with Crippen LogP contribution in [0.1, 0.15) is 20.3 Å². The maximum Gasteiger partial charge on any atom is 0.234 e. The van der Waals surface area contributed by atoms with E-state index in [4.69, 9.17) is 5.26 Å². The zero-order valence-electron chi connectivity index (χ0n) is 8.34. The molecule has 0 bridgehead atoms. The fourth-order valence-electron chi connectivity index (χ4n) is 0.903. The Labute approximate surface area is 79.5 Å². The highest BCUT2D eigenvalue weighted by Crippen LogP contribution is 1.85. The van der Waals surface area contributed by atoms with Crippen molar-refractivity contribution in [2.75, 3.05) is 26.2 Å². The normalized spacial score (nSPS) is 9.69. The Morgan fingerprint density at radius 2 is 2.23 bits per heavy atom. The molecule has 13 heavy (non-hydrogen) atoms. The van der Waals surface area contributed by atoms with Gasteiger partial charge in [0.1, 0.15) is 0 Å². The molecule has 0 aliphatic heterocycles. The summed E-state index contributed by atoms with van der Waals surface area (Å²) in [6.07, 6.45) is 0.941. The first kappa shape index (κ1) is 11.9. The van der Waals surface area contributed by atoms with Gasteiger partial charge in [0.05, 0.1) is 19.2 Å². The lowest BCUT2D eigenvalue weighted by Crippen LogP contribution is -2.37. The first-order chi connectivity index (χ1) is 6.24.